The molecule has 1 aliphatic rings. The maximum atomic E-state index is 12.4. The first kappa shape index (κ1) is 18.4. The van der Waals surface area contributed by atoms with Gasteiger partial charge in [0, 0.05) is 24.2 Å². The molecule has 146 valence electrons. The minimum Gasteiger partial charge on any atom is -0.387 e. The number of aliphatic hydroxyl groups excluding tert-OH is 1. The Hall–Kier alpha value is -3.00. The van der Waals surface area contributed by atoms with Crippen molar-refractivity contribution in [3.8, 4) is 11.3 Å². The molecule has 0 spiro atoms. The second-order valence-electron chi connectivity index (χ2n) is 7.32. The van der Waals surface area contributed by atoms with Gasteiger partial charge in [0.1, 0.15) is 11.4 Å². The van der Waals surface area contributed by atoms with E-state index >= 15 is 0 Å². The molecular formula is C20H23N5O3. The lowest BCUT2D eigenvalue weighted by Crippen LogP contribution is -2.44. The van der Waals surface area contributed by atoms with Crippen LogP contribution < -0.4 is 5.32 Å². The van der Waals surface area contributed by atoms with Gasteiger partial charge in [0.25, 0.3) is 5.91 Å². The number of nitrogens with zero attached hydrogens (tertiary/aromatic N) is 4. The van der Waals surface area contributed by atoms with Crippen LogP contribution in [-0.2, 0) is 6.54 Å². The molecule has 0 unspecified atom stereocenters. The average molecular weight is 381 g/mol. The fourth-order valence-electron chi connectivity index (χ4n) is 3.40. The van der Waals surface area contributed by atoms with Crippen molar-refractivity contribution in [1.29, 1.82) is 0 Å². The minimum atomic E-state index is -0.601. The standard InChI is InChI=1S/C20H23N5O3/c1-13(26)18-12-25(24-22-18)8-7-14-9-16(10-14)21-20(27)19-11-17(23-28-19)15-5-3-2-4-6-15/h2-6,11-14,16,26H,7-10H2,1H3,(H,21,27)/t13-,14-,16-/m1/s1. The highest BCUT2D eigenvalue weighted by Crippen LogP contribution is 2.31. The molecule has 8 nitrogen and oxygen atoms in total. The van der Waals surface area contributed by atoms with Crippen LogP contribution in [0.2, 0.25) is 0 Å². The van der Waals surface area contributed by atoms with Gasteiger partial charge in [-0.1, -0.05) is 40.7 Å². The number of rotatable bonds is 7. The zero-order chi connectivity index (χ0) is 19.5. The molecule has 1 atom stereocenters. The number of amides is 1. The first-order valence-electron chi connectivity index (χ1n) is 9.49. The van der Waals surface area contributed by atoms with Crippen LogP contribution >= 0.6 is 0 Å². The number of hydrogen-bond donors (Lipinski definition) is 2. The van der Waals surface area contributed by atoms with Crippen LogP contribution in [0.1, 0.15) is 48.5 Å². The fraction of sp³-hybridized carbons (Fsp3) is 0.400. The van der Waals surface area contributed by atoms with E-state index in [0.717, 1.165) is 31.4 Å². The molecule has 4 rings (SSSR count). The van der Waals surface area contributed by atoms with E-state index in [-0.39, 0.29) is 17.7 Å². The molecule has 2 aromatic heterocycles. The summed E-state index contributed by atoms with van der Waals surface area (Å²) < 4.78 is 6.96. The van der Waals surface area contributed by atoms with Gasteiger partial charge in [0.15, 0.2) is 0 Å². The van der Waals surface area contributed by atoms with Crippen molar-refractivity contribution < 1.29 is 14.4 Å². The molecule has 0 radical (unpaired) electrons. The molecule has 1 aliphatic carbocycles. The zero-order valence-electron chi connectivity index (χ0n) is 15.7. The summed E-state index contributed by atoms with van der Waals surface area (Å²) in [4.78, 5) is 12.4. The SMILES string of the molecule is C[C@@H](O)c1cn(CC[C@H]2C[C@H](NC(=O)c3cc(-c4ccccc4)no3)C2)nn1. The molecule has 3 aromatic rings. The highest BCUT2D eigenvalue weighted by atomic mass is 16.5. The number of carbonyl (C=O) groups excluding carboxylic acids is 1. The number of aromatic nitrogens is 4. The summed E-state index contributed by atoms with van der Waals surface area (Å²) in [5.41, 5.74) is 2.16. The van der Waals surface area contributed by atoms with Crippen LogP contribution in [0, 0.1) is 5.92 Å². The van der Waals surface area contributed by atoms with E-state index in [4.69, 9.17) is 4.52 Å². The van der Waals surface area contributed by atoms with Gasteiger partial charge in [-0.25, -0.2) is 0 Å². The second kappa shape index (κ2) is 7.93. The van der Waals surface area contributed by atoms with Crippen molar-refractivity contribution in [2.24, 2.45) is 5.92 Å². The molecule has 1 fully saturated rings. The van der Waals surface area contributed by atoms with E-state index in [9.17, 15) is 9.90 Å². The van der Waals surface area contributed by atoms with Crippen molar-refractivity contribution in [2.75, 3.05) is 0 Å². The lowest BCUT2D eigenvalue weighted by Gasteiger charge is -2.35. The normalized spacial score (nSPS) is 19.8. The summed E-state index contributed by atoms with van der Waals surface area (Å²) in [6.45, 7) is 2.43. The lowest BCUT2D eigenvalue weighted by atomic mass is 9.78. The van der Waals surface area contributed by atoms with Gasteiger partial charge in [-0.2, -0.15) is 0 Å². The predicted molar refractivity (Wildman–Crippen MR) is 101 cm³/mol. The summed E-state index contributed by atoms with van der Waals surface area (Å²) in [6, 6.07) is 11.5. The van der Waals surface area contributed by atoms with Crippen molar-refractivity contribution in [3.05, 3.63) is 54.0 Å². The topological polar surface area (TPSA) is 106 Å². The van der Waals surface area contributed by atoms with E-state index in [0.29, 0.717) is 17.3 Å². The highest BCUT2D eigenvalue weighted by Gasteiger charge is 2.31. The molecular weight excluding hydrogens is 358 g/mol. The summed E-state index contributed by atoms with van der Waals surface area (Å²) in [5.74, 6) is 0.547. The molecule has 1 aromatic carbocycles. The molecule has 2 N–H and O–H groups in total. The average Bonchev–Trinajstić information content (AvgIpc) is 3.33. The number of nitrogens with one attached hydrogen (secondary N) is 1. The number of carbonyl (C=O) groups is 1. The Morgan fingerprint density at radius 2 is 2.14 bits per heavy atom. The molecule has 1 amide bonds. The van der Waals surface area contributed by atoms with Crippen molar-refractivity contribution in [2.45, 2.75) is 44.9 Å². The monoisotopic (exact) mass is 381 g/mol. The molecule has 0 aliphatic heterocycles. The van der Waals surface area contributed by atoms with Crippen LogP contribution in [0.4, 0.5) is 0 Å². The largest absolute Gasteiger partial charge is 0.387 e. The van der Waals surface area contributed by atoms with Gasteiger partial charge in [-0.15, -0.1) is 5.10 Å². The van der Waals surface area contributed by atoms with Crippen LogP contribution in [0.3, 0.4) is 0 Å². The van der Waals surface area contributed by atoms with Crippen LogP contribution in [0.5, 0.6) is 0 Å². The van der Waals surface area contributed by atoms with Gasteiger partial charge < -0.3 is 14.9 Å². The van der Waals surface area contributed by atoms with Crippen LogP contribution in [0.15, 0.2) is 47.1 Å². The van der Waals surface area contributed by atoms with E-state index in [1.807, 2.05) is 30.3 Å². The van der Waals surface area contributed by atoms with E-state index < -0.39 is 6.10 Å². The third kappa shape index (κ3) is 4.12. The van der Waals surface area contributed by atoms with Gasteiger partial charge in [0.2, 0.25) is 5.76 Å². The van der Waals surface area contributed by atoms with Gasteiger partial charge in [0.05, 0.1) is 12.3 Å². The first-order chi connectivity index (χ1) is 13.6. The van der Waals surface area contributed by atoms with Gasteiger partial charge >= 0.3 is 0 Å². The maximum absolute atomic E-state index is 12.4. The molecule has 0 bridgehead atoms. The third-order valence-electron chi connectivity index (χ3n) is 5.13. The smallest absolute Gasteiger partial charge is 0.290 e. The Balaban J connectivity index is 1.22. The molecule has 0 saturated heterocycles. The number of aryl methyl sites for hydroxylation is 1. The van der Waals surface area contributed by atoms with Crippen LogP contribution in [0.25, 0.3) is 11.3 Å². The fourth-order valence-corrected chi connectivity index (χ4v) is 3.40. The second-order valence-corrected chi connectivity index (χ2v) is 7.32. The number of hydrogen-bond acceptors (Lipinski definition) is 6. The van der Waals surface area contributed by atoms with E-state index in [2.05, 4.69) is 20.8 Å². The molecule has 28 heavy (non-hydrogen) atoms. The van der Waals surface area contributed by atoms with Crippen LogP contribution in [-0.4, -0.2) is 37.2 Å². The third-order valence-corrected chi connectivity index (χ3v) is 5.13. The van der Waals surface area contributed by atoms with Crippen molar-refractivity contribution in [1.82, 2.24) is 25.5 Å². The summed E-state index contributed by atoms with van der Waals surface area (Å²) in [7, 11) is 0. The maximum Gasteiger partial charge on any atom is 0.290 e. The highest BCUT2D eigenvalue weighted by molar-refractivity contribution is 5.92. The lowest BCUT2D eigenvalue weighted by molar-refractivity contribution is 0.0846. The Morgan fingerprint density at radius 1 is 1.36 bits per heavy atom. The zero-order valence-corrected chi connectivity index (χ0v) is 15.7. The molecule has 1 saturated carbocycles. The number of benzene rings is 1. The van der Waals surface area contributed by atoms with E-state index in [1.165, 1.54) is 0 Å². The van der Waals surface area contributed by atoms with Gasteiger partial charge in [-0.3, -0.25) is 9.48 Å². The summed E-state index contributed by atoms with van der Waals surface area (Å²) in [5, 5.41) is 24.4. The quantitative estimate of drug-likeness (QED) is 0.652. The Labute approximate surface area is 162 Å². The first-order valence-corrected chi connectivity index (χ1v) is 9.49. The summed E-state index contributed by atoms with van der Waals surface area (Å²) >= 11 is 0. The summed E-state index contributed by atoms with van der Waals surface area (Å²) in [6.07, 6.45) is 4.01. The van der Waals surface area contributed by atoms with Crippen molar-refractivity contribution in [3.63, 3.8) is 0 Å². The predicted octanol–water partition coefficient (Wildman–Crippen LogP) is 2.59. The number of aliphatic hydroxyl groups is 1. The Bertz CT molecular complexity index is 928. The van der Waals surface area contributed by atoms with E-state index in [1.54, 1.807) is 23.9 Å². The Kier molecular flexibility index (Phi) is 5.21. The molecule has 2 heterocycles. The van der Waals surface area contributed by atoms with Crippen molar-refractivity contribution >= 4 is 5.91 Å². The molecule has 8 heteroatoms. The minimum absolute atomic E-state index is 0.159. The van der Waals surface area contributed by atoms with Gasteiger partial charge in [-0.05, 0) is 32.1 Å². The Morgan fingerprint density at radius 3 is 2.86 bits per heavy atom.